The zero-order valence-corrected chi connectivity index (χ0v) is 14.9. The van der Waals surface area contributed by atoms with Crippen LogP contribution in [-0.2, 0) is 4.79 Å². The summed E-state index contributed by atoms with van der Waals surface area (Å²) in [4.78, 5) is 14.2. The summed E-state index contributed by atoms with van der Waals surface area (Å²) < 4.78 is 0.111. The zero-order valence-electron chi connectivity index (χ0n) is 14.1. The van der Waals surface area contributed by atoms with E-state index >= 15 is 0 Å². The van der Waals surface area contributed by atoms with Crippen LogP contribution in [0.25, 0.3) is 0 Å². The van der Waals surface area contributed by atoms with Crippen molar-refractivity contribution in [1.82, 2.24) is 0 Å². The quantitative estimate of drug-likeness (QED) is 0.846. The average molecular weight is 308 g/mol. The van der Waals surface area contributed by atoms with Crippen molar-refractivity contribution in [2.45, 2.75) is 52.3 Å². The standard InChI is InChI=1S/C17H28N2OS/c1-7-19(13(2)3)15-10-8-14(9-11-15)18-16(20)12-21-17(4,5)6/h8-11,13H,7,12H2,1-6H3,(H,18,20). The molecule has 0 fully saturated rings. The van der Waals surface area contributed by atoms with Gasteiger partial charge in [0.25, 0.3) is 0 Å². The van der Waals surface area contributed by atoms with Crippen LogP contribution in [0.3, 0.4) is 0 Å². The monoisotopic (exact) mass is 308 g/mol. The lowest BCUT2D eigenvalue weighted by Gasteiger charge is -2.27. The zero-order chi connectivity index (χ0) is 16.0. The lowest BCUT2D eigenvalue weighted by atomic mass is 10.2. The normalized spacial score (nSPS) is 11.6. The van der Waals surface area contributed by atoms with Crippen molar-refractivity contribution >= 4 is 29.0 Å². The van der Waals surface area contributed by atoms with E-state index < -0.39 is 0 Å². The maximum Gasteiger partial charge on any atom is 0.234 e. The first-order chi connectivity index (χ1) is 9.73. The van der Waals surface area contributed by atoms with Crippen LogP contribution < -0.4 is 10.2 Å². The number of rotatable bonds is 6. The smallest absolute Gasteiger partial charge is 0.234 e. The molecule has 0 aliphatic carbocycles. The Morgan fingerprint density at radius 3 is 2.24 bits per heavy atom. The Kier molecular flexibility index (Phi) is 6.59. The fourth-order valence-electron chi connectivity index (χ4n) is 2.06. The number of anilines is 2. The van der Waals surface area contributed by atoms with Gasteiger partial charge in [0.1, 0.15) is 0 Å². The van der Waals surface area contributed by atoms with Gasteiger partial charge in [-0.2, -0.15) is 0 Å². The molecule has 1 aromatic rings. The van der Waals surface area contributed by atoms with E-state index in [0.29, 0.717) is 11.8 Å². The van der Waals surface area contributed by atoms with E-state index in [9.17, 15) is 4.79 Å². The van der Waals surface area contributed by atoms with Gasteiger partial charge in [-0.1, -0.05) is 20.8 Å². The third kappa shape index (κ3) is 6.42. The number of nitrogens with one attached hydrogen (secondary N) is 1. The van der Waals surface area contributed by atoms with Crippen LogP contribution in [0.15, 0.2) is 24.3 Å². The van der Waals surface area contributed by atoms with Crippen LogP contribution in [0.2, 0.25) is 0 Å². The summed E-state index contributed by atoms with van der Waals surface area (Å²) in [5.41, 5.74) is 2.05. The van der Waals surface area contributed by atoms with E-state index in [1.165, 1.54) is 5.69 Å². The number of carbonyl (C=O) groups excluding carboxylic acids is 1. The number of benzene rings is 1. The van der Waals surface area contributed by atoms with Gasteiger partial charge in [0.15, 0.2) is 0 Å². The molecule has 1 amide bonds. The predicted molar refractivity (Wildman–Crippen MR) is 95.4 cm³/mol. The molecule has 0 unspecified atom stereocenters. The molecule has 1 rings (SSSR count). The molecular formula is C17H28N2OS. The number of carbonyl (C=O) groups is 1. The Morgan fingerprint density at radius 2 is 1.81 bits per heavy atom. The van der Waals surface area contributed by atoms with Gasteiger partial charge in [-0.3, -0.25) is 4.79 Å². The second-order valence-electron chi connectivity index (χ2n) is 6.38. The molecule has 0 radical (unpaired) electrons. The lowest BCUT2D eigenvalue weighted by molar-refractivity contribution is -0.113. The molecule has 0 spiro atoms. The summed E-state index contributed by atoms with van der Waals surface area (Å²) in [6.07, 6.45) is 0. The number of amides is 1. The van der Waals surface area contributed by atoms with Gasteiger partial charge in [0.05, 0.1) is 5.75 Å². The minimum atomic E-state index is 0.0545. The second kappa shape index (κ2) is 7.74. The van der Waals surface area contributed by atoms with E-state index in [4.69, 9.17) is 0 Å². The Morgan fingerprint density at radius 1 is 1.24 bits per heavy atom. The lowest BCUT2D eigenvalue weighted by Crippen LogP contribution is -2.30. The molecule has 21 heavy (non-hydrogen) atoms. The largest absolute Gasteiger partial charge is 0.369 e. The molecule has 0 heterocycles. The van der Waals surface area contributed by atoms with Crippen LogP contribution in [0.4, 0.5) is 11.4 Å². The Hall–Kier alpha value is -1.16. The molecule has 1 N–H and O–H groups in total. The molecule has 0 saturated heterocycles. The third-order valence-corrected chi connectivity index (χ3v) is 4.36. The summed E-state index contributed by atoms with van der Waals surface area (Å²) in [6.45, 7) is 13.8. The molecule has 0 aliphatic rings. The van der Waals surface area contributed by atoms with E-state index in [2.05, 4.69) is 63.9 Å². The van der Waals surface area contributed by atoms with E-state index in [1.54, 1.807) is 11.8 Å². The topological polar surface area (TPSA) is 32.3 Å². The van der Waals surface area contributed by atoms with Crippen molar-refractivity contribution in [3.05, 3.63) is 24.3 Å². The highest BCUT2D eigenvalue weighted by molar-refractivity contribution is 8.01. The maximum atomic E-state index is 11.9. The van der Waals surface area contributed by atoms with E-state index in [-0.39, 0.29) is 10.7 Å². The Balaban J connectivity index is 2.60. The van der Waals surface area contributed by atoms with Crippen molar-refractivity contribution < 1.29 is 4.79 Å². The fourth-order valence-corrected chi connectivity index (χ4v) is 2.70. The molecule has 1 aromatic carbocycles. The summed E-state index contributed by atoms with van der Waals surface area (Å²) in [6, 6.07) is 8.55. The molecule has 4 heteroatoms. The second-order valence-corrected chi connectivity index (χ2v) is 8.18. The molecule has 0 saturated carbocycles. The van der Waals surface area contributed by atoms with Crippen molar-refractivity contribution in [2.24, 2.45) is 0 Å². The van der Waals surface area contributed by atoms with Crippen LogP contribution in [0, 0.1) is 0 Å². The third-order valence-electron chi connectivity index (χ3n) is 3.08. The first kappa shape index (κ1) is 17.9. The van der Waals surface area contributed by atoms with Gasteiger partial charge >= 0.3 is 0 Å². The molecule has 0 aromatic heterocycles. The molecule has 3 nitrogen and oxygen atoms in total. The molecule has 0 bridgehead atoms. The van der Waals surface area contributed by atoms with Crippen LogP contribution >= 0.6 is 11.8 Å². The fraction of sp³-hybridized carbons (Fsp3) is 0.588. The van der Waals surface area contributed by atoms with Gasteiger partial charge in [-0.25, -0.2) is 0 Å². The maximum absolute atomic E-state index is 11.9. The van der Waals surface area contributed by atoms with E-state index in [1.807, 2.05) is 12.1 Å². The van der Waals surface area contributed by atoms with Crippen molar-refractivity contribution in [2.75, 3.05) is 22.5 Å². The first-order valence-corrected chi connectivity index (χ1v) is 8.52. The highest BCUT2D eigenvalue weighted by Crippen LogP contribution is 2.24. The van der Waals surface area contributed by atoms with Gasteiger partial charge in [0, 0.05) is 28.7 Å². The van der Waals surface area contributed by atoms with Gasteiger partial charge in [-0.05, 0) is 45.0 Å². The first-order valence-electron chi connectivity index (χ1n) is 7.53. The van der Waals surface area contributed by atoms with Gasteiger partial charge in [-0.15, -0.1) is 11.8 Å². The van der Waals surface area contributed by atoms with Crippen LogP contribution in [-0.4, -0.2) is 29.0 Å². The highest BCUT2D eigenvalue weighted by Gasteiger charge is 2.13. The Bertz CT molecular complexity index is 449. The van der Waals surface area contributed by atoms with Crippen molar-refractivity contribution in [3.63, 3.8) is 0 Å². The minimum absolute atomic E-state index is 0.0545. The predicted octanol–water partition coefficient (Wildman–Crippen LogP) is 4.39. The summed E-state index contributed by atoms with van der Waals surface area (Å²) in [7, 11) is 0. The van der Waals surface area contributed by atoms with Gasteiger partial charge in [0.2, 0.25) is 5.91 Å². The molecule has 0 aliphatic heterocycles. The van der Waals surface area contributed by atoms with Crippen molar-refractivity contribution in [3.8, 4) is 0 Å². The number of nitrogens with zero attached hydrogens (tertiary/aromatic N) is 1. The minimum Gasteiger partial charge on any atom is -0.369 e. The van der Waals surface area contributed by atoms with E-state index in [0.717, 1.165) is 12.2 Å². The number of thioether (sulfide) groups is 1. The average Bonchev–Trinajstić information content (AvgIpc) is 2.38. The SMILES string of the molecule is CCN(c1ccc(NC(=O)CSC(C)(C)C)cc1)C(C)C. The summed E-state index contributed by atoms with van der Waals surface area (Å²) in [5.74, 6) is 0.539. The van der Waals surface area contributed by atoms with Crippen molar-refractivity contribution in [1.29, 1.82) is 0 Å². The summed E-state index contributed by atoms with van der Waals surface area (Å²) in [5, 5.41) is 2.95. The molecule has 0 atom stereocenters. The van der Waals surface area contributed by atoms with Crippen LogP contribution in [0.5, 0.6) is 0 Å². The summed E-state index contributed by atoms with van der Waals surface area (Å²) >= 11 is 1.66. The number of hydrogen-bond donors (Lipinski definition) is 1. The molecule has 118 valence electrons. The Labute approximate surface area is 133 Å². The van der Waals surface area contributed by atoms with Crippen LogP contribution in [0.1, 0.15) is 41.5 Å². The number of hydrogen-bond acceptors (Lipinski definition) is 3. The van der Waals surface area contributed by atoms with Gasteiger partial charge < -0.3 is 10.2 Å². The molecular weight excluding hydrogens is 280 g/mol. The highest BCUT2D eigenvalue weighted by atomic mass is 32.2.